The van der Waals surface area contributed by atoms with Gasteiger partial charge in [-0.1, -0.05) is 12.1 Å². The third-order valence-electron chi connectivity index (χ3n) is 2.59. The molecule has 92 valence electrons. The molecule has 5 nitrogen and oxygen atoms in total. The molecule has 0 aromatic carbocycles. The van der Waals surface area contributed by atoms with Gasteiger partial charge in [-0.3, -0.25) is 0 Å². The SMILES string of the molecule is CCCNCc1cc(Cn2ccnc2C)on1. The molecule has 0 radical (unpaired) electrons. The lowest BCUT2D eigenvalue weighted by Gasteiger charge is -1.99. The van der Waals surface area contributed by atoms with Gasteiger partial charge in [-0.05, 0) is 19.9 Å². The van der Waals surface area contributed by atoms with Crippen molar-refractivity contribution in [3.63, 3.8) is 0 Å². The van der Waals surface area contributed by atoms with Crippen molar-refractivity contribution in [2.24, 2.45) is 0 Å². The van der Waals surface area contributed by atoms with Gasteiger partial charge < -0.3 is 14.4 Å². The number of imidazole rings is 1. The van der Waals surface area contributed by atoms with Crippen LogP contribution in [0, 0.1) is 6.92 Å². The Morgan fingerprint density at radius 2 is 2.35 bits per heavy atom. The normalized spacial score (nSPS) is 10.9. The van der Waals surface area contributed by atoms with Crippen LogP contribution < -0.4 is 5.32 Å². The summed E-state index contributed by atoms with van der Waals surface area (Å²) in [7, 11) is 0. The van der Waals surface area contributed by atoms with Crippen molar-refractivity contribution in [1.29, 1.82) is 0 Å². The minimum absolute atomic E-state index is 0.687. The van der Waals surface area contributed by atoms with Gasteiger partial charge in [0.25, 0.3) is 0 Å². The first-order valence-electron chi connectivity index (χ1n) is 5.92. The van der Waals surface area contributed by atoms with Crippen molar-refractivity contribution in [2.75, 3.05) is 6.54 Å². The van der Waals surface area contributed by atoms with E-state index in [2.05, 4.69) is 22.4 Å². The highest BCUT2D eigenvalue weighted by molar-refractivity contribution is 5.06. The van der Waals surface area contributed by atoms with Crippen LogP contribution in [-0.4, -0.2) is 21.3 Å². The van der Waals surface area contributed by atoms with Gasteiger partial charge in [0.1, 0.15) is 5.82 Å². The van der Waals surface area contributed by atoms with Crippen molar-refractivity contribution in [2.45, 2.75) is 33.4 Å². The number of rotatable bonds is 6. The van der Waals surface area contributed by atoms with Crippen LogP contribution in [-0.2, 0) is 13.1 Å². The van der Waals surface area contributed by atoms with Gasteiger partial charge in [0.15, 0.2) is 5.76 Å². The number of nitrogens with zero attached hydrogens (tertiary/aromatic N) is 3. The highest BCUT2D eigenvalue weighted by Gasteiger charge is 2.05. The molecule has 2 rings (SSSR count). The van der Waals surface area contributed by atoms with Gasteiger partial charge in [0.05, 0.1) is 12.2 Å². The fourth-order valence-corrected chi connectivity index (χ4v) is 1.65. The Morgan fingerprint density at radius 3 is 3.06 bits per heavy atom. The Bertz CT molecular complexity index is 461. The van der Waals surface area contributed by atoms with Crippen LogP contribution in [0.2, 0.25) is 0 Å². The van der Waals surface area contributed by atoms with Crippen LogP contribution in [0.1, 0.15) is 30.6 Å². The van der Waals surface area contributed by atoms with Crippen LogP contribution in [0.25, 0.3) is 0 Å². The number of hydrogen-bond donors (Lipinski definition) is 1. The smallest absolute Gasteiger partial charge is 0.156 e. The molecule has 1 N–H and O–H groups in total. The predicted molar refractivity (Wildman–Crippen MR) is 64.6 cm³/mol. The second-order valence-electron chi connectivity index (χ2n) is 4.06. The Morgan fingerprint density at radius 1 is 1.47 bits per heavy atom. The van der Waals surface area contributed by atoms with E-state index in [1.165, 1.54) is 0 Å². The monoisotopic (exact) mass is 234 g/mol. The van der Waals surface area contributed by atoms with E-state index in [-0.39, 0.29) is 0 Å². The molecule has 2 heterocycles. The highest BCUT2D eigenvalue weighted by atomic mass is 16.5. The van der Waals surface area contributed by atoms with Crippen LogP contribution in [0.15, 0.2) is 23.0 Å². The highest BCUT2D eigenvalue weighted by Crippen LogP contribution is 2.07. The third-order valence-corrected chi connectivity index (χ3v) is 2.59. The van der Waals surface area contributed by atoms with E-state index in [9.17, 15) is 0 Å². The van der Waals surface area contributed by atoms with E-state index in [0.29, 0.717) is 6.54 Å². The average molecular weight is 234 g/mol. The lowest BCUT2D eigenvalue weighted by atomic mass is 10.3. The van der Waals surface area contributed by atoms with E-state index in [1.807, 2.05) is 23.8 Å². The summed E-state index contributed by atoms with van der Waals surface area (Å²) in [6.45, 7) is 6.57. The van der Waals surface area contributed by atoms with E-state index in [4.69, 9.17) is 4.52 Å². The molecule has 0 aliphatic rings. The molecule has 2 aromatic rings. The third kappa shape index (κ3) is 3.17. The van der Waals surface area contributed by atoms with Crippen molar-refractivity contribution in [3.05, 3.63) is 35.7 Å². The van der Waals surface area contributed by atoms with Crippen molar-refractivity contribution in [3.8, 4) is 0 Å². The van der Waals surface area contributed by atoms with Gasteiger partial charge in [-0.2, -0.15) is 0 Å². The Kier molecular flexibility index (Phi) is 3.93. The summed E-state index contributed by atoms with van der Waals surface area (Å²) >= 11 is 0. The molecule has 0 spiro atoms. The van der Waals surface area contributed by atoms with Crippen LogP contribution in [0.3, 0.4) is 0 Å². The largest absolute Gasteiger partial charge is 0.359 e. The molecular weight excluding hydrogens is 216 g/mol. The number of nitrogens with one attached hydrogen (secondary N) is 1. The zero-order valence-corrected chi connectivity index (χ0v) is 10.3. The number of aromatic nitrogens is 3. The van der Waals surface area contributed by atoms with Crippen molar-refractivity contribution >= 4 is 0 Å². The quantitative estimate of drug-likeness (QED) is 0.773. The van der Waals surface area contributed by atoms with Gasteiger partial charge in [0, 0.05) is 25.0 Å². The topological polar surface area (TPSA) is 55.9 Å². The fraction of sp³-hybridized carbons (Fsp3) is 0.500. The van der Waals surface area contributed by atoms with Crippen molar-refractivity contribution < 1.29 is 4.52 Å². The maximum absolute atomic E-state index is 5.29. The summed E-state index contributed by atoms with van der Waals surface area (Å²) in [6.07, 6.45) is 4.85. The molecule has 0 bridgehead atoms. The zero-order valence-electron chi connectivity index (χ0n) is 10.3. The molecule has 0 aliphatic carbocycles. The Hall–Kier alpha value is -1.62. The fourth-order valence-electron chi connectivity index (χ4n) is 1.65. The first-order chi connectivity index (χ1) is 8.29. The Labute approximate surface area is 101 Å². The maximum atomic E-state index is 5.29. The predicted octanol–water partition coefficient (Wildman–Crippen LogP) is 1.73. The summed E-state index contributed by atoms with van der Waals surface area (Å²) in [5, 5.41) is 7.32. The Balaban J connectivity index is 1.92. The second kappa shape index (κ2) is 5.63. The number of aryl methyl sites for hydroxylation is 1. The summed E-state index contributed by atoms with van der Waals surface area (Å²) in [6, 6.07) is 1.99. The summed E-state index contributed by atoms with van der Waals surface area (Å²) in [5.41, 5.74) is 0.950. The van der Waals surface area contributed by atoms with Crippen LogP contribution in [0.4, 0.5) is 0 Å². The zero-order chi connectivity index (χ0) is 12.1. The van der Waals surface area contributed by atoms with E-state index < -0.39 is 0 Å². The molecule has 0 unspecified atom stereocenters. The van der Waals surface area contributed by atoms with Gasteiger partial charge >= 0.3 is 0 Å². The second-order valence-corrected chi connectivity index (χ2v) is 4.06. The van der Waals surface area contributed by atoms with E-state index in [0.717, 1.165) is 36.8 Å². The minimum atomic E-state index is 0.687. The molecule has 0 atom stereocenters. The van der Waals surface area contributed by atoms with Gasteiger partial charge in [0.2, 0.25) is 0 Å². The molecule has 2 aromatic heterocycles. The molecule has 0 saturated carbocycles. The summed E-state index contributed by atoms with van der Waals surface area (Å²) in [4.78, 5) is 4.17. The molecule has 5 heteroatoms. The molecule has 17 heavy (non-hydrogen) atoms. The first-order valence-corrected chi connectivity index (χ1v) is 5.92. The number of hydrogen-bond acceptors (Lipinski definition) is 4. The molecule has 0 amide bonds. The molecular formula is C12H18N4O. The van der Waals surface area contributed by atoms with Crippen LogP contribution >= 0.6 is 0 Å². The molecule has 0 saturated heterocycles. The molecule has 0 aliphatic heterocycles. The average Bonchev–Trinajstić information content (AvgIpc) is 2.91. The van der Waals surface area contributed by atoms with Gasteiger partial charge in [-0.15, -0.1) is 0 Å². The van der Waals surface area contributed by atoms with Gasteiger partial charge in [-0.25, -0.2) is 4.98 Å². The summed E-state index contributed by atoms with van der Waals surface area (Å²) in [5.74, 6) is 1.84. The lowest BCUT2D eigenvalue weighted by molar-refractivity contribution is 0.368. The van der Waals surface area contributed by atoms with Crippen molar-refractivity contribution in [1.82, 2.24) is 20.0 Å². The minimum Gasteiger partial charge on any atom is -0.359 e. The first kappa shape index (κ1) is 11.9. The van der Waals surface area contributed by atoms with E-state index in [1.54, 1.807) is 6.20 Å². The maximum Gasteiger partial charge on any atom is 0.156 e. The standard InChI is InChI=1S/C12H18N4O/c1-3-4-13-8-11-7-12(17-15-11)9-16-6-5-14-10(16)2/h5-7,13H,3-4,8-9H2,1-2H3. The van der Waals surface area contributed by atoms with Crippen LogP contribution in [0.5, 0.6) is 0 Å². The molecule has 0 fully saturated rings. The lowest BCUT2D eigenvalue weighted by Crippen LogP contribution is -2.13. The van der Waals surface area contributed by atoms with E-state index >= 15 is 0 Å². The summed E-state index contributed by atoms with van der Waals surface area (Å²) < 4.78 is 7.32.